The molecule has 32 heavy (non-hydrogen) atoms. The monoisotopic (exact) mass is 447 g/mol. The fourth-order valence-corrected chi connectivity index (χ4v) is 3.93. The van der Waals surface area contributed by atoms with Crippen molar-refractivity contribution in [2.75, 3.05) is 26.2 Å². The van der Waals surface area contributed by atoms with E-state index in [1.807, 2.05) is 6.07 Å². The minimum absolute atomic E-state index is 0.0683. The van der Waals surface area contributed by atoms with Crippen molar-refractivity contribution in [3.63, 3.8) is 0 Å². The molecule has 3 aromatic rings. The van der Waals surface area contributed by atoms with E-state index in [1.165, 1.54) is 11.1 Å². The third-order valence-corrected chi connectivity index (χ3v) is 5.82. The maximum atomic E-state index is 12.5. The fraction of sp³-hybridized carbons (Fsp3) is 0.222. The van der Waals surface area contributed by atoms with E-state index in [9.17, 15) is 9.90 Å². The molecule has 0 radical (unpaired) electrons. The Kier molecular flexibility index (Phi) is 7.38. The molecule has 0 fully saturated rings. The van der Waals surface area contributed by atoms with Crippen LogP contribution < -0.4 is 4.74 Å². The number of hydrogen-bond acceptors (Lipinski definition) is 4. The minimum atomic E-state index is -0.586. The van der Waals surface area contributed by atoms with Gasteiger partial charge in [0.1, 0.15) is 18.5 Å². The van der Waals surface area contributed by atoms with Gasteiger partial charge in [0, 0.05) is 35.8 Å². The van der Waals surface area contributed by atoms with Crippen LogP contribution in [-0.4, -0.2) is 48.1 Å². The number of aliphatic hydroxyl groups excluding tert-OH is 1. The summed E-state index contributed by atoms with van der Waals surface area (Å²) >= 11 is 5.88. The van der Waals surface area contributed by atoms with Crippen molar-refractivity contribution in [3.05, 3.63) is 107 Å². The summed E-state index contributed by atoms with van der Waals surface area (Å²) in [5.74, 6) is 0.558. The molecule has 1 aliphatic rings. The van der Waals surface area contributed by atoms with Gasteiger partial charge in [0.25, 0.3) is 0 Å². The highest BCUT2D eigenvalue weighted by Gasteiger charge is 2.17. The largest absolute Gasteiger partial charge is 0.491 e. The van der Waals surface area contributed by atoms with E-state index in [1.54, 1.807) is 48.5 Å². The lowest BCUT2D eigenvalue weighted by atomic mass is 9.99. The molecule has 0 bridgehead atoms. The highest BCUT2D eigenvalue weighted by atomic mass is 35.5. The molecule has 1 N–H and O–H groups in total. The Labute approximate surface area is 193 Å². The molecule has 0 saturated carbocycles. The lowest BCUT2D eigenvalue weighted by molar-refractivity contribution is 0.0716. The Balaban J connectivity index is 1.24. The van der Waals surface area contributed by atoms with E-state index in [0.29, 0.717) is 28.4 Å². The maximum Gasteiger partial charge on any atom is 0.193 e. The Morgan fingerprint density at radius 1 is 0.969 bits per heavy atom. The van der Waals surface area contributed by atoms with E-state index < -0.39 is 6.10 Å². The Morgan fingerprint density at radius 2 is 1.62 bits per heavy atom. The normalized spacial score (nSPS) is 15.1. The van der Waals surface area contributed by atoms with Crippen LogP contribution in [0.4, 0.5) is 0 Å². The quantitative estimate of drug-likeness (QED) is 0.488. The first-order valence-electron chi connectivity index (χ1n) is 10.8. The summed E-state index contributed by atoms with van der Waals surface area (Å²) in [5.41, 5.74) is 3.80. The van der Waals surface area contributed by atoms with Crippen molar-refractivity contribution in [1.82, 2.24) is 4.90 Å². The first-order valence-corrected chi connectivity index (χ1v) is 11.1. The molecule has 0 spiro atoms. The van der Waals surface area contributed by atoms with E-state index in [4.69, 9.17) is 16.3 Å². The van der Waals surface area contributed by atoms with Crippen LogP contribution in [0.3, 0.4) is 0 Å². The van der Waals surface area contributed by atoms with Gasteiger partial charge in [0.05, 0.1) is 0 Å². The second-order valence-corrected chi connectivity index (χ2v) is 8.37. The Hall–Kier alpha value is -2.92. The van der Waals surface area contributed by atoms with Crippen LogP contribution in [0.2, 0.25) is 5.02 Å². The molecule has 0 aliphatic carbocycles. The van der Waals surface area contributed by atoms with Crippen LogP contribution in [0.25, 0.3) is 5.57 Å². The fourth-order valence-electron chi connectivity index (χ4n) is 3.81. The molecule has 3 aromatic carbocycles. The van der Waals surface area contributed by atoms with E-state index in [2.05, 4.69) is 35.2 Å². The highest BCUT2D eigenvalue weighted by Crippen LogP contribution is 2.22. The van der Waals surface area contributed by atoms with Crippen molar-refractivity contribution in [1.29, 1.82) is 0 Å². The van der Waals surface area contributed by atoms with E-state index in [0.717, 1.165) is 19.5 Å². The summed E-state index contributed by atoms with van der Waals surface area (Å²) in [6.45, 7) is 2.50. The third kappa shape index (κ3) is 5.86. The Bertz CT molecular complexity index is 1060. The van der Waals surface area contributed by atoms with Crippen molar-refractivity contribution >= 4 is 23.0 Å². The molecule has 164 valence electrons. The molecule has 1 aliphatic heterocycles. The number of β-amino-alcohol motifs (C(OH)–C–C–N with tert-alkyl or cyclic N) is 1. The topological polar surface area (TPSA) is 49.8 Å². The zero-order valence-corrected chi connectivity index (χ0v) is 18.5. The zero-order valence-electron chi connectivity index (χ0n) is 17.8. The summed E-state index contributed by atoms with van der Waals surface area (Å²) in [5, 5.41) is 11.0. The van der Waals surface area contributed by atoms with Gasteiger partial charge in [-0.25, -0.2) is 0 Å². The van der Waals surface area contributed by atoms with Crippen LogP contribution in [0.15, 0.2) is 84.9 Å². The van der Waals surface area contributed by atoms with Gasteiger partial charge in [-0.15, -0.1) is 0 Å². The molecule has 1 atom stereocenters. The second kappa shape index (κ2) is 10.6. The first kappa shape index (κ1) is 22.3. The Morgan fingerprint density at radius 3 is 2.25 bits per heavy atom. The van der Waals surface area contributed by atoms with Gasteiger partial charge in [0.15, 0.2) is 5.78 Å². The van der Waals surface area contributed by atoms with Crippen LogP contribution >= 0.6 is 11.6 Å². The van der Waals surface area contributed by atoms with Gasteiger partial charge in [-0.2, -0.15) is 0 Å². The first-order chi connectivity index (χ1) is 15.6. The smallest absolute Gasteiger partial charge is 0.193 e. The van der Waals surface area contributed by atoms with Gasteiger partial charge < -0.3 is 9.84 Å². The number of carbonyl (C=O) groups is 1. The molecular weight excluding hydrogens is 422 g/mol. The van der Waals surface area contributed by atoms with Crippen LogP contribution in [0, 0.1) is 0 Å². The van der Waals surface area contributed by atoms with Gasteiger partial charge in [-0.05, 0) is 66.1 Å². The number of ether oxygens (including phenoxy) is 1. The lowest BCUT2D eigenvalue weighted by Crippen LogP contribution is -2.38. The standard InChI is InChI=1S/C27H26ClNO3/c28-24-10-6-22(7-11-24)27(31)23-8-12-26(13-9-23)32-19-25(30)18-29-16-14-21(15-17-29)20-4-2-1-3-5-20/h1-14,25,30H,15-19H2. The molecule has 1 heterocycles. The second-order valence-electron chi connectivity index (χ2n) is 7.93. The summed E-state index contributed by atoms with van der Waals surface area (Å²) < 4.78 is 5.74. The van der Waals surface area contributed by atoms with Crippen LogP contribution in [-0.2, 0) is 0 Å². The summed E-state index contributed by atoms with van der Waals surface area (Å²) in [4.78, 5) is 14.8. The molecule has 0 saturated heterocycles. The number of benzene rings is 3. The van der Waals surface area contributed by atoms with E-state index in [-0.39, 0.29) is 12.4 Å². The van der Waals surface area contributed by atoms with Crippen molar-refractivity contribution in [2.45, 2.75) is 12.5 Å². The van der Waals surface area contributed by atoms with Gasteiger partial charge in [0.2, 0.25) is 0 Å². The predicted molar refractivity (Wildman–Crippen MR) is 128 cm³/mol. The van der Waals surface area contributed by atoms with Gasteiger partial charge in [-0.1, -0.05) is 48.0 Å². The van der Waals surface area contributed by atoms with Crippen molar-refractivity contribution < 1.29 is 14.6 Å². The summed E-state index contributed by atoms with van der Waals surface area (Å²) in [6.07, 6.45) is 2.63. The molecule has 0 aromatic heterocycles. The molecule has 4 rings (SSSR count). The van der Waals surface area contributed by atoms with Crippen molar-refractivity contribution in [2.24, 2.45) is 0 Å². The number of carbonyl (C=O) groups excluding carboxylic acids is 1. The number of rotatable bonds is 8. The SMILES string of the molecule is O=C(c1ccc(Cl)cc1)c1ccc(OCC(O)CN2CC=C(c3ccccc3)CC2)cc1. The van der Waals surface area contributed by atoms with Crippen molar-refractivity contribution in [3.8, 4) is 5.75 Å². The maximum absolute atomic E-state index is 12.5. The number of hydrogen-bond donors (Lipinski definition) is 1. The molecule has 1 unspecified atom stereocenters. The average molecular weight is 448 g/mol. The number of halogens is 1. The van der Waals surface area contributed by atoms with Gasteiger partial charge in [-0.3, -0.25) is 9.69 Å². The zero-order chi connectivity index (χ0) is 22.3. The summed E-state index contributed by atoms with van der Waals surface area (Å²) in [6, 6.07) is 24.2. The number of aliphatic hydroxyl groups is 1. The van der Waals surface area contributed by atoms with Gasteiger partial charge >= 0.3 is 0 Å². The van der Waals surface area contributed by atoms with E-state index >= 15 is 0 Å². The third-order valence-electron chi connectivity index (χ3n) is 5.57. The number of nitrogens with zero attached hydrogens (tertiary/aromatic N) is 1. The lowest BCUT2D eigenvalue weighted by Gasteiger charge is -2.28. The van der Waals surface area contributed by atoms with Crippen LogP contribution in [0.1, 0.15) is 27.9 Å². The summed E-state index contributed by atoms with van der Waals surface area (Å²) in [7, 11) is 0. The molecule has 0 amide bonds. The molecular formula is C27H26ClNO3. The van der Waals surface area contributed by atoms with Crippen LogP contribution in [0.5, 0.6) is 5.75 Å². The highest BCUT2D eigenvalue weighted by molar-refractivity contribution is 6.30. The average Bonchev–Trinajstić information content (AvgIpc) is 2.84. The number of ketones is 1. The molecule has 4 nitrogen and oxygen atoms in total. The minimum Gasteiger partial charge on any atom is -0.491 e. The predicted octanol–water partition coefficient (Wildman–Crippen LogP) is 5.10. The molecule has 5 heteroatoms.